The molecule has 0 unspecified atom stereocenters. The molecule has 0 saturated heterocycles. The van der Waals surface area contributed by atoms with E-state index in [0.717, 1.165) is 17.1 Å². The summed E-state index contributed by atoms with van der Waals surface area (Å²) in [7, 11) is 0. The van der Waals surface area contributed by atoms with E-state index in [-0.39, 0.29) is 0 Å². The van der Waals surface area contributed by atoms with Crippen LogP contribution in [0, 0.1) is 0 Å². The number of nitrogens with zero attached hydrogens (tertiary/aromatic N) is 2. The Morgan fingerprint density at radius 2 is 1.93 bits per heavy atom. The minimum Gasteiger partial charge on any atom is -0.339 e. The molecule has 0 radical (unpaired) electrons. The summed E-state index contributed by atoms with van der Waals surface area (Å²) in [5, 5.41) is 3.14. The maximum Gasteiger partial charge on any atom is 0.148 e. The van der Waals surface area contributed by atoms with Crippen molar-refractivity contribution in [1.29, 1.82) is 0 Å². The van der Waals surface area contributed by atoms with E-state index in [2.05, 4.69) is 15.3 Å². The van der Waals surface area contributed by atoms with Crippen molar-refractivity contribution in [3.8, 4) is 0 Å². The maximum absolute atomic E-state index is 5.51. The highest BCUT2D eigenvalue weighted by Crippen LogP contribution is 2.13. The Labute approximate surface area is 88.2 Å². The van der Waals surface area contributed by atoms with Crippen molar-refractivity contribution in [3.05, 3.63) is 48.4 Å². The summed E-state index contributed by atoms with van der Waals surface area (Å²) in [4.78, 5) is 8.09. The van der Waals surface area contributed by atoms with Crippen molar-refractivity contribution in [3.63, 3.8) is 0 Å². The van der Waals surface area contributed by atoms with Gasteiger partial charge in [0.15, 0.2) is 0 Å². The second-order valence-corrected chi connectivity index (χ2v) is 3.12. The van der Waals surface area contributed by atoms with Gasteiger partial charge in [0.25, 0.3) is 0 Å². The molecule has 0 aliphatic heterocycles. The maximum atomic E-state index is 5.51. The third kappa shape index (κ3) is 2.51. The van der Waals surface area contributed by atoms with E-state index in [9.17, 15) is 0 Å². The van der Waals surface area contributed by atoms with E-state index in [0.29, 0.717) is 6.54 Å². The molecule has 0 bridgehead atoms. The van der Waals surface area contributed by atoms with Crippen LogP contribution in [0.5, 0.6) is 0 Å². The Hall–Kier alpha value is -1.94. The van der Waals surface area contributed by atoms with Gasteiger partial charge in [0, 0.05) is 24.6 Å². The molecule has 4 nitrogen and oxygen atoms in total. The lowest BCUT2D eigenvalue weighted by molar-refractivity contribution is 1.07. The Bertz CT molecular complexity index is 410. The van der Waals surface area contributed by atoms with Gasteiger partial charge in [0.05, 0.1) is 6.20 Å². The zero-order chi connectivity index (χ0) is 10.5. The third-order valence-corrected chi connectivity index (χ3v) is 2.03. The van der Waals surface area contributed by atoms with Crippen molar-refractivity contribution in [1.82, 2.24) is 9.97 Å². The zero-order valence-electron chi connectivity index (χ0n) is 8.22. The fraction of sp³-hybridized carbons (Fsp3) is 0.0909. The molecule has 1 aromatic carbocycles. The number of benzene rings is 1. The van der Waals surface area contributed by atoms with Crippen LogP contribution in [0.15, 0.2) is 42.9 Å². The summed E-state index contributed by atoms with van der Waals surface area (Å²) >= 11 is 0. The van der Waals surface area contributed by atoms with Crippen LogP contribution in [0.4, 0.5) is 11.5 Å². The molecule has 0 saturated carbocycles. The van der Waals surface area contributed by atoms with Gasteiger partial charge < -0.3 is 11.1 Å². The molecule has 4 heteroatoms. The Kier molecular flexibility index (Phi) is 2.90. The average molecular weight is 200 g/mol. The van der Waals surface area contributed by atoms with Gasteiger partial charge in [-0.2, -0.15) is 0 Å². The first-order valence-corrected chi connectivity index (χ1v) is 4.70. The average Bonchev–Trinajstić information content (AvgIpc) is 2.31. The summed E-state index contributed by atoms with van der Waals surface area (Å²) in [5.41, 5.74) is 7.60. The van der Waals surface area contributed by atoms with E-state index in [1.165, 1.54) is 0 Å². The minimum atomic E-state index is 0.561. The first kappa shape index (κ1) is 9.61. The van der Waals surface area contributed by atoms with Crippen molar-refractivity contribution in [2.45, 2.75) is 6.54 Å². The summed E-state index contributed by atoms with van der Waals surface area (Å²) in [6.45, 7) is 0.561. The smallest absolute Gasteiger partial charge is 0.148 e. The van der Waals surface area contributed by atoms with E-state index in [4.69, 9.17) is 5.73 Å². The molecule has 2 aromatic rings. The van der Waals surface area contributed by atoms with Crippen LogP contribution in [0.25, 0.3) is 0 Å². The monoisotopic (exact) mass is 200 g/mol. The van der Waals surface area contributed by atoms with E-state index in [1.54, 1.807) is 18.6 Å². The number of nitrogens with two attached hydrogens (primary N) is 1. The van der Waals surface area contributed by atoms with Gasteiger partial charge in [-0.25, -0.2) is 4.98 Å². The number of nitrogens with one attached hydrogen (secondary N) is 1. The number of rotatable bonds is 3. The van der Waals surface area contributed by atoms with Gasteiger partial charge in [-0.3, -0.25) is 4.98 Å². The fourth-order valence-electron chi connectivity index (χ4n) is 1.24. The van der Waals surface area contributed by atoms with Gasteiger partial charge in [-0.1, -0.05) is 12.1 Å². The minimum absolute atomic E-state index is 0.561. The molecule has 76 valence electrons. The van der Waals surface area contributed by atoms with Crippen LogP contribution in [-0.2, 0) is 6.54 Å². The molecule has 0 fully saturated rings. The second kappa shape index (κ2) is 4.52. The molecule has 1 heterocycles. The number of aromatic nitrogens is 2. The number of anilines is 2. The van der Waals surface area contributed by atoms with Crippen molar-refractivity contribution in [2.75, 3.05) is 5.32 Å². The van der Waals surface area contributed by atoms with Crippen LogP contribution in [0.3, 0.4) is 0 Å². The molecule has 0 spiro atoms. The molecule has 3 N–H and O–H groups in total. The second-order valence-electron chi connectivity index (χ2n) is 3.12. The van der Waals surface area contributed by atoms with Crippen LogP contribution < -0.4 is 11.1 Å². The number of hydrogen-bond donors (Lipinski definition) is 2. The molecule has 1 aromatic heterocycles. The van der Waals surface area contributed by atoms with Crippen LogP contribution in [-0.4, -0.2) is 9.97 Å². The lowest BCUT2D eigenvalue weighted by Gasteiger charge is -2.04. The van der Waals surface area contributed by atoms with Crippen molar-refractivity contribution in [2.24, 2.45) is 5.73 Å². The summed E-state index contributed by atoms with van der Waals surface area (Å²) in [5.74, 6) is 0.734. The number of hydrogen-bond acceptors (Lipinski definition) is 4. The molecule has 0 atom stereocenters. The van der Waals surface area contributed by atoms with E-state index >= 15 is 0 Å². The molecule has 0 amide bonds. The Morgan fingerprint density at radius 3 is 2.53 bits per heavy atom. The molecule has 15 heavy (non-hydrogen) atoms. The van der Waals surface area contributed by atoms with Crippen LogP contribution in [0.1, 0.15) is 5.56 Å². The predicted octanol–water partition coefficient (Wildman–Crippen LogP) is 1.68. The van der Waals surface area contributed by atoms with Gasteiger partial charge >= 0.3 is 0 Å². The fourth-order valence-corrected chi connectivity index (χ4v) is 1.24. The standard InChI is InChI=1S/C11H12N4/c12-7-9-1-3-10(4-2-9)15-11-8-13-5-6-14-11/h1-6,8H,7,12H2,(H,14,15). The van der Waals surface area contributed by atoms with Crippen LogP contribution >= 0.6 is 0 Å². The highest BCUT2D eigenvalue weighted by molar-refractivity contribution is 5.55. The highest BCUT2D eigenvalue weighted by Gasteiger charge is 1.95. The first-order chi connectivity index (χ1) is 7.38. The van der Waals surface area contributed by atoms with Gasteiger partial charge in [-0.15, -0.1) is 0 Å². The van der Waals surface area contributed by atoms with E-state index in [1.807, 2.05) is 24.3 Å². The van der Waals surface area contributed by atoms with E-state index < -0.39 is 0 Å². The topological polar surface area (TPSA) is 63.8 Å². The van der Waals surface area contributed by atoms with Gasteiger partial charge in [0.2, 0.25) is 0 Å². The Balaban J connectivity index is 2.11. The van der Waals surface area contributed by atoms with Crippen molar-refractivity contribution < 1.29 is 0 Å². The first-order valence-electron chi connectivity index (χ1n) is 4.70. The van der Waals surface area contributed by atoms with Gasteiger partial charge in [0.1, 0.15) is 5.82 Å². The molecular weight excluding hydrogens is 188 g/mol. The summed E-state index contributed by atoms with van der Waals surface area (Å²) in [6.07, 6.45) is 4.97. The molecular formula is C11H12N4. The lowest BCUT2D eigenvalue weighted by atomic mass is 10.2. The zero-order valence-corrected chi connectivity index (χ0v) is 8.22. The molecule has 0 aliphatic rings. The van der Waals surface area contributed by atoms with Gasteiger partial charge in [-0.05, 0) is 17.7 Å². The molecule has 0 aliphatic carbocycles. The third-order valence-electron chi connectivity index (χ3n) is 2.03. The largest absolute Gasteiger partial charge is 0.339 e. The predicted molar refractivity (Wildman–Crippen MR) is 59.6 cm³/mol. The lowest BCUT2D eigenvalue weighted by Crippen LogP contribution is -1.97. The highest BCUT2D eigenvalue weighted by atomic mass is 15.0. The van der Waals surface area contributed by atoms with Crippen LogP contribution in [0.2, 0.25) is 0 Å². The SMILES string of the molecule is NCc1ccc(Nc2cnccn2)cc1. The quantitative estimate of drug-likeness (QED) is 0.791. The summed E-state index contributed by atoms with van der Waals surface area (Å²) in [6, 6.07) is 7.91. The normalized spacial score (nSPS) is 9.93. The summed E-state index contributed by atoms with van der Waals surface area (Å²) < 4.78 is 0. The van der Waals surface area contributed by atoms with Crippen molar-refractivity contribution >= 4 is 11.5 Å². The molecule has 2 rings (SSSR count). The Morgan fingerprint density at radius 1 is 1.13 bits per heavy atom.